The number of hydrogen-bond acceptors (Lipinski definition) is 4. The standard InChI is InChI=1S/C25H25NO4/c1-25(2)13-20(28)23(21(29)14-25)22-17-6-4-5-7-18(17)26-24(22)19(27)12-15-8-10-16(30-3)11-9-15/h4-11,23,26H,12-14H2,1-3H3. The molecule has 0 saturated heterocycles. The van der Waals surface area contributed by atoms with Crippen LogP contribution in [0.5, 0.6) is 5.75 Å². The average molecular weight is 403 g/mol. The normalized spacial score (nSPS) is 16.8. The summed E-state index contributed by atoms with van der Waals surface area (Å²) < 4.78 is 5.17. The second kappa shape index (κ2) is 7.56. The maximum absolute atomic E-state index is 13.3. The minimum absolute atomic E-state index is 0.112. The van der Waals surface area contributed by atoms with E-state index in [1.165, 1.54) is 0 Å². The molecular weight excluding hydrogens is 378 g/mol. The quantitative estimate of drug-likeness (QED) is 0.497. The molecule has 3 aromatic rings. The maximum atomic E-state index is 13.3. The molecule has 5 nitrogen and oxygen atoms in total. The highest BCUT2D eigenvalue weighted by molar-refractivity contribution is 6.16. The molecule has 0 radical (unpaired) electrons. The number of aromatic nitrogens is 1. The van der Waals surface area contributed by atoms with Crippen LogP contribution in [0.3, 0.4) is 0 Å². The van der Waals surface area contributed by atoms with Crippen LogP contribution in [0.4, 0.5) is 0 Å². The number of carbonyl (C=O) groups excluding carboxylic acids is 3. The molecule has 1 heterocycles. The Balaban J connectivity index is 1.76. The molecule has 1 saturated carbocycles. The first-order valence-corrected chi connectivity index (χ1v) is 10.1. The zero-order valence-corrected chi connectivity index (χ0v) is 17.5. The van der Waals surface area contributed by atoms with E-state index in [0.717, 1.165) is 22.2 Å². The maximum Gasteiger partial charge on any atom is 0.183 e. The fourth-order valence-corrected chi connectivity index (χ4v) is 4.41. The lowest BCUT2D eigenvalue weighted by atomic mass is 9.69. The monoisotopic (exact) mass is 403 g/mol. The van der Waals surface area contributed by atoms with Gasteiger partial charge in [0.05, 0.1) is 12.8 Å². The number of Topliss-reactive ketones (excluding diaryl/α,β-unsaturated/α-hetero) is 3. The fourth-order valence-electron chi connectivity index (χ4n) is 4.41. The second-order valence-electron chi connectivity index (χ2n) is 8.79. The molecule has 2 aromatic carbocycles. The summed E-state index contributed by atoms with van der Waals surface area (Å²) >= 11 is 0. The van der Waals surface area contributed by atoms with Crippen LogP contribution in [0.15, 0.2) is 48.5 Å². The van der Waals surface area contributed by atoms with Crippen LogP contribution >= 0.6 is 0 Å². The van der Waals surface area contributed by atoms with E-state index < -0.39 is 5.92 Å². The van der Waals surface area contributed by atoms with E-state index in [2.05, 4.69) is 4.98 Å². The van der Waals surface area contributed by atoms with Gasteiger partial charge in [0, 0.05) is 35.7 Å². The molecular formula is C25H25NO4. The molecule has 0 bridgehead atoms. The van der Waals surface area contributed by atoms with Gasteiger partial charge < -0.3 is 9.72 Å². The highest BCUT2D eigenvalue weighted by atomic mass is 16.5. The molecule has 0 spiro atoms. The van der Waals surface area contributed by atoms with E-state index in [-0.39, 0.29) is 29.2 Å². The zero-order chi connectivity index (χ0) is 21.5. The molecule has 0 unspecified atom stereocenters. The van der Waals surface area contributed by atoms with Crippen molar-refractivity contribution in [3.63, 3.8) is 0 Å². The van der Waals surface area contributed by atoms with Gasteiger partial charge >= 0.3 is 0 Å². The first-order valence-electron chi connectivity index (χ1n) is 10.1. The van der Waals surface area contributed by atoms with Crippen LogP contribution in [0.25, 0.3) is 10.9 Å². The van der Waals surface area contributed by atoms with E-state index in [9.17, 15) is 14.4 Å². The predicted molar refractivity (Wildman–Crippen MR) is 115 cm³/mol. The summed E-state index contributed by atoms with van der Waals surface area (Å²) in [6, 6.07) is 14.8. The van der Waals surface area contributed by atoms with Gasteiger partial charge in [-0.25, -0.2) is 0 Å². The van der Waals surface area contributed by atoms with Crippen molar-refractivity contribution < 1.29 is 19.1 Å². The number of rotatable bonds is 5. The molecule has 154 valence electrons. The van der Waals surface area contributed by atoms with Gasteiger partial charge in [-0.1, -0.05) is 44.2 Å². The number of hydrogen-bond donors (Lipinski definition) is 1. The third kappa shape index (κ3) is 3.67. The minimum Gasteiger partial charge on any atom is -0.497 e. The number of ketones is 3. The van der Waals surface area contributed by atoms with Crippen LogP contribution in [0.1, 0.15) is 54.2 Å². The van der Waals surface area contributed by atoms with Gasteiger partial charge in [0.25, 0.3) is 0 Å². The smallest absolute Gasteiger partial charge is 0.183 e. The van der Waals surface area contributed by atoms with Crippen molar-refractivity contribution in [1.29, 1.82) is 0 Å². The average Bonchev–Trinajstić information content (AvgIpc) is 3.07. The number of aromatic amines is 1. The topological polar surface area (TPSA) is 76.2 Å². The third-order valence-electron chi connectivity index (χ3n) is 5.79. The van der Waals surface area contributed by atoms with Gasteiger partial charge in [0.15, 0.2) is 5.78 Å². The summed E-state index contributed by atoms with van der Waals surface area (Å²) in [4.78, 5) is 42.5. The largest absolute Gasteiger partial charge is 0.497 e. The van der Waals surface area contributed by atoms with E-state index >= 15 is 0 Å². The third-order valence-corrected chi connectivity index (χ3v) is 5.79. The Hall–Kier alpha value is -3.21. The molecule has 1 aliphatic rings. The van der Waals surface area contributed by atoms with Gasteiger partial charge in [0.2, 0.25) is 0 Å². The summed E-state index contributed by atoms with van der Waals surface area (Å²) in [5.74, 6) is -0.529. The Morgan fingerprint density at radius 3 is 2.30 bits per heavy atom. The number of carbonyl (C=O) groups is 3. The number of nitrogens with one attached hydrogen (secondary N) is 1. The number of para-hydroxylation sites is 1. The molecule has 30 heavy (non-hydrogen) atoms. The number of methoxy groups -OCH3 is 1. The van der Waals surface area contributed by atoms with Crippen molar-refractivity contribution in [2.24, 2.45) is 5.41 Å². The SMILES string of the molecule is COc1ccc(CC(=O)c2[nH]c3ccccc3c2C2C(=O)CC(C)(C)CC2=O)cc1. The molecule has 1 N–H and O–H groups in total. The van der Waals surface area contributed by atoms with Gasteiger partial charge in [-0.05, 0) is 29.2 Å². The Kier molecular flexibility index (Phi) is 5.06. The molecule has 1 aromatic heterocycles. The summed E-state index contributed by atoms with van der Waals surface area (Å²) in [5, 5.41) is 0.766. The van der Waals surface area contributed by atoms with Crippen molar-refractivity contribution in [1.82, 2.24) is 4.98 Å². The molecule has 4 rings (SSSR count). The first-order chi connectivity index (χ1) is 14.3. The van der Waals surface area contributed by atoms with Crippen molar-refractivity contribution in [2.45, 2.75) is 39.0 Å². The van der Waals surface area contributed by atoms with E-state index in [0.29, 0.717) is 24.1 Å². The lowest BCUT2D eigenvalue weighted by molar-refractivity contribution is -0.135. The van der Waals surface area contributed by atoms with E-state index in [4.69, 9.17) is 4.74 Å². The highest BCUT2D eigenvalue weighted by Gasteiger charge is 2.43. The van der Waals surface area contributed by atoms with Gasteiger partial charge in [0.1, 0.15) is 23.2 Å². The van der Waals surface area contributed by atoms with Crippen LogP contribution in [0, 0.1) is 5.41 Å². The summed E-state index contributed by atoms with van der Waals surface area (Å²) in [7, 11) is 1.59. The first kappa shape index (κ1) is 20.1. The molecule has 0 amide bonds. The van der Waals surface area contributed by atoms with Gasteiger partial charge in [-0.15, -0.1) is 0 Å². The van der Waals surface area contributed by atoms with Gasteiger partial charge in [-0.3, -0.25) is 14.4 Å². The van der Waals surface area contributed by atoms with Gasteiger partial charge in [-0.2, -0.15) is 0 Å². The predicted octanol–water partition coefficient (Wildman–Crippen LogP) is 4.64. The van der Waals surface area contributed by atoms with E-state index in [1.54, 1.807) is 7.11 Å². The number of benzene rings is 2. The van der Waals surface area contributed by atoms with Crippen molar-refractivity contribution >= 4 is 28.3 Å². The van der Waals surface area contributed by atoms with Crippen molar-refractivity contribution in [3.8, 4) is 5.75 Å². The molecule has 0 aliphatic heterocycles. The van der Waals surface area contributed by atoms with Crippen molar-refractivity contribution in [3.05, 3.63) is 65.4 Å². The Morgan fingerprint density at radius 1 is 1.03 bits per heavy atom. The highest BCUT2D eigenvalue weighted by Crippen LogP contribution is 2.41. The van der Waals surface area contributed by atoms with Crippen LogP contribution in [0.2, 0.25) is 0 Å². The summed E-state index contributed by atoms with van der Waals surface area (Å²) in [6.45, 7) is 3.87. The Morgan fingerprint density at radius 2 is 1.67 bits per heavy atom. The lowest BCUT2D eigenvalue weighted by Crippen LogP contribution is -2.36. The summed E-state index contributed by atoms with van der Waals surface area (Å²) in [5.41, 5.74) is 2.15. The molecule has 5 heteroatoms. The second-order valence-corrected chi connectivity index (χ2v) is 8.79. The van der Waals surface area contributed by atoms with Crippen molar-refractivity contribution in [2.75, 3.05) is 7.11 Å². The molecule has 1 fully saturated rings. The summed E-state index contributed by atoms with van der Waals surface area (Å²) in [6.07, 6.45) is 0.828. The van der Waals surface area contributed by atoms with E-state index in [1.807, 2.05) is 62.4 Å². The minimum atomic E-state index is -0.885. The Bertz CT molecular complexity index is 1120. The van der Waals surface area contributed by atoms with Crippen LogP contribution in [-0.4, -0.2) is 29.4 Å². The number of ether oxygens (including phenoxy) is 1. The number of H-pyrrole nitrogens is 1. The molecule has 1 aliphatic carbocycles. The fraction of sp³-hybridized carbons (Fsp3) is 0.320. The number of fused-ring (bicyclic) bond motifs is 1. The molecule has 0 atom stereocenters. The Labute approximate surface area is 175 Å². The lowest BCUT2D eigenvalue weighted by Gasteiger charge is -2.32. The van der Waals surface area contributed by atoms with Crippen LogP contribution < -0.4 is 4.74 Å². The zero-order valence-electron chi connectivity index (χ0n) is 17.5. The van der Waals surface area contributed by atoms with Crippen LogP contribution in [-0.2, 0) is 16.0 Å².